The second-order valence-electron chi connectivity index (χ2n) is 8.25. The van der Waals surface area contributed by atoms with Crippen molar-refractivity contribution in [2.45, 2.75) is 0 Å². The van der Waals surface area contributed by atoms with Gasteiger partial charge in [-0.2, -0.15) is 0 Å². The molecule has 1 atom stereocenters. The van der Waals surface area contributed by atoms with Gasteiger partial charge in [-0.3, -0.25) is 0 Å². The fourth-order valence-corrected chi connectivity index (χ4v) is 9.47. The lowest BCUT2D eigenvalue weighted by Gasteiger charge is -2.20. The molecule has 146 valence electrons. The first-order valence-corrected chi connectivity index (χ1v) is 13.3. The Morgan fingerprint density at radius 3 is 2.03 bits per heavy atom. The summed E-state index contributed by atoms with van der Waals surface area (Å²) in [7, 11) is 0. The summed E-state index contributed by atoms with van der Waals surface area (Å²) in [5.74, 6) is 0. The largest absolute Gasteiger partial charge is 0.354 e. The molecule has 0 saturated heterocycles. The number of benzene rings is 5. The lowest BCUT2D eigenvalue weighted by molar-refractivity contribution is 1.55. The molecule has 0 bridgehead atoms. The van der Waals surface area contributed by atoms with Crippen LogP contribution in [0.15, 0.2) is 103 Å². The van der Waals surface area contributed by atoms with Gasteiger partial charge in [0, 0.05) is 38.5 Å². The number of hydrogen-bond donors (Lipinski definition) is 1. The molecular formula is C28H18NPS. The Hall–Kier alpha value is -3.19. The van der Waals surface area contributed by atoms with E-state index in [1.54, 1.807) is 0 Å². The minimum absolute atomic E-state index is 1.17. The number of para-hydroxylation sites is 1. The van der Waals surface area contributed by atoms with Crippen molar-refractivity contribution in [3.8, 4) is 11.1 Å². The van der Waals surface area contributed by atoms with E-state index < -0.39 is 6.04 Å². The zero-order valence-electron chi connectivity index (χ0n) is 16.7. The minimum Gasteiger partial charge on any atom is -0.354 e. The molecule has 1 unspecified atom stereocenters. The van der Waals surface area contributed by atoms with E-state index >= 15 is 0 Å². The summed E-state index contributed by atoms with van der Waals surface area (Å²) in [6.45, 7) is 0. The highest BCUT2D eigenvalue weighted by atomic mass is 32.4. The summed E-state index contributed by atoms with van der Waals surface area (Å²) >= 11 is 6.65. The van der Waals surface area contributed by atoms with Crippen molar-refractivity contribution >= 4 is 66.3 Å². The van der Waals surface area contributed by atoms with Crippen LogP contribution in [0.3, 0.4) is 0 Å². The van der Waals surface area contributed by atoms with E-state index in [0.717, 1.165) is 0 Å². The molecule has 0 fully saturated rings. The lowest BCUT2D eigenvalue weighted by Crippen LogP contribution is -2.20. The van der Waals surface area contributed by atoms with E-state index in [1.165, 1.54) is 59.6 Å². The van der Waals surface area contributed by atoms with Crippen LogP contribution in [0.5, 0.6) is 0 Å². The Balaban J connectivity index is 1.66. The zero-order valence-corrected chi connectivity index (χ0v) is 18.4. The number of aromatic nitrogens is 1. The smallest absolute Gasteiger partial charge is 0.0472 e. The second kappa shape index (κ2) is 6.17. The maximum Gasteiger partial charge on any atom is 0.0472 e. The van der Waals surface area contributed by atoms with Gasteiger partial charge in [0.25, 0.3) is 0 Å². The van der Waals surface area contributed by atoms with Crippen LogP contribution in [0.1, 0.15) is 0 Å². The van der Waals surface area contributed by atoms with Crippen LogP contribution in [0, 0.1) is 0 Å². The van der Waals surface area contributed by atoms with Crippen molar-refractivity contribution in [3.05, 3.63) is 103 Å². The first-order valence-electron chi connectivity index (χ1n) is 10.5. The van der Waals surface area contributed by atoms with Crippen molar-refractivity contribution in [2.24, 2.45) is 0 Å². The van der Waals surface area contributed by atoms with Gasteiger partial charge in [0.15, 0.2) is 0 Å². The molecule has 0 spiro atoms. The second-order valence-corrected chi connectivity index (χ2v) is 12.6. The van der Waals surface area contributed by atoms with E-state index in [2.05, 4.69) is 108 Å². The van der Waals surface area contributed by atoms with E-state index in [4.69, 9.17) is 11.8 Å². The van der Waals surface area contributed by atoms with E-state index in [9.17, 15) is 0 Å². The highest BCUT2D eigenvalue weighted by molar-refractivity contribution is 8.26. The van der Waals surface area contributed by atoms with Crippen molar-refractivity contribution in [2.75, 3.05) is 0 Å². The van der Waals surface area contributed by atoms with Gasteiger partial charge in [-0.25, -0.2) is 0 Å². The zero-order chi connectivity index (χ0) is 20.6. The molecule has 0 aliphatic carbocycles. The normalized spacial score (nSPS) is 17.3. The van der Waals surface area contributed by atoms with E-state index in [-0.39, 0.29) is 0 Å². The Kier molecular flexibility index (Phi) is 3.48. The van der Waals surface area contributed by atoms with Gasteiger partial charge < -0.3 is 4.98 Å². The molecule has 7 rings (SSSR count). The third-order valence-electron chi connectivity index (χ3n) is 6.57. The molecule has 1 aliphatic heterocycles. The van der Waals surface area contributed by atoms with Gasteiger partial charge in [-0.05, 0) is 57.5 Å². The number of H-pyrrole nitrogens is 1. The lowest BCUT2D eigenvalue weighted by atomic mass is 9.99. The summed E-state index contributed by atoms with van der Waals surface area (Å²) in [4.78, 5) is 3.63. The summed E-state index contributed by atoms with van der Waals surface area (Å²) < 4.78 is 0. The Labute approximate surface area is 185 Å². The monoisotopic (exact) mass is 431 g/mol. The predicted octanol–water partition coefficient (Wildman–Crippen LogP) is 6.21. The first-order chi connectivity index (χ1) is 15.2. The highest BCUT2D eigenvalue weighted by Gasteiger charge is 2.37. The van der Waals surface area contributed by atoms with Gasteiger partial charge >= 0.3 is 0 Å². The van der Waals surface area contributed by atoms with E-state index in [1.807, 2.05) is 0 Å². The molecule has 1 nitrogen and oxygen atoms in total. The number of rotatable bonds is 1. The molecule has 1 aliphatic rings. The van der Waals surface area contributed by atoms with Gasteiger partial charge in [-0.1, -0.05) is 84.6 Å². The SMILES string of the molecule is S=P1(c2ccccc2)c2cc3ccccc3cc2-c2cc3c(cc21)[nH]c1ccccc13. The summed E-state index contributed by atoms with van der Waals surface area (Å²) in [5, 5.41) is 8.94. The van der Waals surface area contributed by atoms with Crippen LogP contribution in [0.2, 0.25) is 0 Å². The molecule has 0 amide bonds. The molecule has 6 aromatic rings. The van der Waals surface area contributed by atoms with E-state index in [0.29, 0.717) is 0 Å². The molecule has 3 heteroatoms. The molecule has 5 aromatic carbocycles. The fourth-order valence-electron chi connectivity index (χ4n) is 5.11. The molecule has 31 heavy (non-hydrogen) atoms. The van der Waals surface area contributed by atoms with Crippen LogP contribution in [-0.2, 0) is 11.8 Å². The summed E-state index contributed by atoms with van der Waals surface area (Å²) in [6.07, 6.45) is 0. The fraction of sp³-hybridized carbons (Fsp3) is 0. The minimum atomic E-state index is -2.14. The Morgan fingerprint density at radius 2 is 1.19 bits per heavy atom. The predicted molar refractivity (Wildman–Crippen MR) is 138 cm³/mol. The van der Waals surface area contributed by atoms with Crippen LogP contribution in [-0.4, -0.2) is 4.98 Å². The highest BCUT2D eigenvalue weighted by Crippen LogP contribution is 2.54. The maximum atomic E-state index is 6.65. The molecule has 1 aromatic heterocycles. The number of nitrogens with one attached hydrogen (secondary N) is 1. The van der Waals surface area contributed by atoms with Gasteiger partial charge in [0.05, 0.1) is 0 Å². The molecule has 1 N–H and O–H groups in total. The van der Waals surface area contributed by atoms with Gasteiger partial charge in [0.1, 0.15) is 0 Å². The van der Waals surface area contributed by atoms with Crippen LogP contribution in [0.25, 0.3) is 43.7 Å². The Morgan fingerprint density at radius 1 is 0.548 bits per heavy atom. The molecular weight excluding hydrogens is 413 g/mol. The molecule has 2 heterocycles. The average molecular weight is 432 g/mol. The van der Waals surface area contributed by atoms with Gasteiger partial charge in [0.2, 0.25) is 0 Å². The summed E-state index contributed by atoms with van der Waals surface area (Å²) in [6, 6.07) is 35.1. The van der Waals surface area contributed by atoms with Crippen molar-refractivity contribution in [1.29, 1.82) is 0 Å². The topological polar surface area (TPSA) is 15.8 Å². The number of hydrogen-bond acceptors (Lipinski definition) is 1. The van der Waals surface area contributed by atoms with Crippen molar-refractivity contribution in [3.63, 3.8) is 0 Å². The van der Waals surface area contributed by atoms with Crippen molar-refractivity contribution in [1.82, 2.24) is 4.98 Å². The third-order valence-corrected chi connectivity index (χ3v) is 11.5. The first kappa shape index (κ1) is 17.5. The Bertz CT molecular complexity index is 1710. The average Bonchev–Trinajstić information content (AvgIpc) is 3.30. The van der Waals surface area contributed by atoms with Crippen molar-refractivity contribution < 1.29 is 0 Å². The molecule has 0 radical (unpaired) electrons. The molecule has 0 saturated carbocycles. The van der Waals surface area contributed by atoms with Crippen LogP contribution in [0.4, 0.5) is 0 Å². The third kappa shape index (κ3) is 2.29. The standard InChI is InChI=1S/C28H18NPS/c31-30(20-10-2-1-3-11-20)27-15-19-9-5-4-8-18(19)14-23(27)24-16-22-21-12-6-7-13-25(21)29-26(22)17-28(24)30/h1-17,29H. The maximum absolute atomic E-state index is 6.65. The summed E-state index contributed by atoms with van der Waals surface area (Å²) in [5.41, 5.74) is 4.94. The van der Waals surface area contributed by atoms with Crippen LogP contribution >= 0.6 is 6.04 Å². The van der Waals surface area contributed by atoms with Crippen LogP contribution < -0.4 is 15.9 Å². The quantitative estimate of drug-likeness (QED) is 0.306. The number of aromatic amines is 1. The number of fused-ring (bicyclic) bond motifs is 7. The van der Waals surface area contributed by atoms with Gasteiger partial charge in [-0.15, -0.1) is 0 Å².